The van der Waals surface area contributed by atoms with E-state index in [1.807, 2.05) is 0 Å². The van der Waals surface area contributed by atoms with Gasteiger partial charge in [-0.25, -0.2) is 0 Å². The summed E-state index contributed by atoms with van der Waals surface area (Å²) in [6.07, 6.45) is 5.35. The first-order chi connectivity index (χ1) is 10.1. The standard InChI is InChI=1S/C15H25NO5/c17-13(10-15(14(18)19)5-2-6-15)16-7-3-8-20-11-12-4-1-9-21-12/h12H,1-11H2,(H,16,17)(H,18,19). The number of hydrogen-bond acceptors (Lipinski definition) is 4. The van der Waals surface area contributed by atoms with Gasteiger partial charge in [0.15, 0.2) is 0 Å². The second-order valence-electron chi connectivity index (χ2n) is 6.03. The Morgan fingerprint density at radius 2 is 2.14 bits per heavy atom. The van der Waals surface area contributed by atoms with E-state index in [0.29, 0.717) is 32.6 Å². The zero-order chi connectivity index (χ0) is 15.1. The third-order valence-corrected chi connectivity index (χ3v) is 4.38. The average molecular weight is 299 g/mol. The van der Waals surface area contributed by atoms with Crippen molar-refractivity contribution >= 4 is 11.9 Å². The van der Waals surface area contributed by atoms with Gasteiger partial charge in [0.05, 0.1) is 18.1 Å². The van der Waals surface area contributed by atoms with Crippen LogP contribution in [0, 0.1) is 5.41 Å². The number of carboxylic acids is 1. The van der Waals surface area contributed by atoms with Crippen molar-refractivity contribution in [3.63, 3.8) is 0 Å². The zero-order valence-electron chi connectivity index (χ0n) is 12.4. The van der Waals surface area contributed by atoms with Crippen molar-refractivity contribution in [2.75, 3.05) is 26.4 Å². The van der Waals surface area contributed by atoms with Gasteiger partial charge in [0.2, 0.25) is 5.91 Å². The van der Waals surface area contributed by atoms with Gasteiger partial charge < -0.3 is 19.9 Å². The maximum absolute atomic E-state index is 11.8. The molecule has 1 unspecified atom stereocenters. The number of aliphatic carboxylic acids is 1. The smallest absolute Gasteiger partial charge is 0.310 e. The Balaban J connectivity index is 1.50. The average Bonchev–Trinajstić information content (AvgIpc) is 2.90. The number of hydrogen-bond donors (Lipinski definition) is 2. The maximum atomic E-state index is 11.8. The molecule has 2 N–H and O–H groups in total. The Kier molecular flexibility index (Phi) is 5.99. The SMILES string of the molecule is O=C(CC1(C(=O)O)CCC1)NCCCOCC1CCCO1. The summed E-state index contributed by atoms with van der Waals surface area (Å²) >= 11 is 0. The topological polar surface area (TPSA) is 84.9 Å². The quantitative estimate of drug-likeness (QED) is 0.627. The number of carbonyl (C=O) groups excluding carboxylic acids is 1. The predicted molar refractivity (Wildman–Crippen MR) is 76.0 cm³/mol. The van der Waals surface area contributed by atoms with Crippen LogP contribution in [-0.4, -0.2) is 49.5 Å². The maximum Gasteiger partial charge on any atom is 0.310 e. The lowest BCUT2D eigenvalue weighted by Gasteiger charge is -2.36. The first-order valence-corrected chi connectivity index (χ1v) is 7.82. The number of carboxylic acid groups (broad SMARTS) is 1. The van der Waals surface area contributed by atoms with Gasteiger partial charge in [0.1, 0.15) is 0 Å². The molecule has 1 atom stereocenters. The molecule has 1 aliphatic heterocycles. The van der Waals surface area contributed by atoms with Crippen LogP contribution in [0.25, 0.3) is 0 Å². The van der Waals surface area contributed by atoms with Gasteiger partial charge in [-0.05, 0) is 32.1 Å². The molecule has 2 fully saturated rings. The summed E-state index contributed by atoms with van der Waals surface area (Å²) in [6, 6.07) is 0. The highest BCUT2D eigenvalue weighted by Gasteiger charge is 2.45. The summed E-state index contributed by atoms with van der Waals surface area (Å²) in [6.45, 7) is 2.57. The molecule has 1 saturated carbocycles. The van der Waals surface area contributed by atoms with E-state index < -0.39 is 11.4 Å². The molecule has 1 heterocycles. The van der Waals surface area contributed by atoms with Gasteiger partial charge in [-0.15, -0.1) is 0 Å². The molecule has 0 bridgehead atoms. The van der Waals surface area contributed by atoms with Crippen molar-refractivity contribution in [1.82, 2.24) is 5.32 Å². The van der Waals surface area contributed by atoms with Crippen LogP contribution in [0.2, 0.25) is 0 Å². The summed E-state index contributed by atoms with van der Waals surface area (Å²) in [4.78, 5) is 22.9. The number of amides is 1. The predicted octanol–water partition coefficient (Wildman–Crippen LogP) is 1.33. The zero-order valence-corrected chi connectivity index (χ0v) is 12.4. The van der Waals surface area contributed by atoms with Crippen LogP contribution >= 0.6 is 0 Å². The number of ether oxygens (including phenoxy) is 2. The highest BCUT2D eigenvalue weighted by Crippen LogP contribution is 2.44. The normalized spacial score (nSPS) is 23.5. The fraction of sp³-hybridized carbons (Fsp3) is 0.867. The van der Waals surface area contributed by atoms with Gasteiger partial charge in [-0.1, -0.05) is 6.42 Å². The number of rotatable bonds is 9. The first-order valence-electron chi connectivity index (χ1n) is 7.82. The lowest BCUT2D eigenvalue weighted by Crippen LogP contribution is -2.42. The van der Waals surface area contributed by atoms with Crippen molar-refractivity contribution in [2.24, 2.45) is 5.41 Å². The van der Waals surface area contributed by atoms with Gasteiger partial charge in [-0.2, -0.15) is 0 Å². The minimum absolute atomic E-state index is 0.0963. The van der Waals surface area contributed by atoms with Crippen LogP contribution in [0.4, 0.5) is 0 Å². The summed E-state index contributed by atoms with van der Waals surface area (Å²) in [5, 5.41) is 11.9. The van der Waals surface area contributed by atoms with Crippen molar-refractivity contribution < 1.29 is 24.2 Å². The Morgan fingerprint density at radius 1 is 1.33 bits per heavy atom. The molecule has 2 rings (SSSR count). The van der Waals surface area contributed by atoms with E-state index in [1.54, 1.807) is 0 Å². The number of nitrogens with one attached hydrogen (secondary N) is 1. The molecule has 2 aliphatic rings. The second kappa shape index (κ2) is 7.75. The summed E-state index contributed by atoms with van der Waals surface area (Å²) in [7, 11) is 0. The lowest BCUT2D eigenvalue weighted by atomic mass is 9.66. The summed E-state index contributed by atoms with van der Waals surface area (Å²) in [5.41, 5.74) is -0.805. The van der Waals surface area contributed by atoms with Crippen LogP contribution in [0.3, 0.4) is 0 Å². The van der Waals surface area contributed by atoms with Gasteiger partial charge >= 0.3 is 5.97 Å². The fourth-order valence-electron chi connectivity index (χ4n) is 2.83. The largest absolute Gasteiger partial charge is 0.481 e. The third-order valence-electron chi connectivity index (χ3n) is 4.38. The Morgan fingerprint density at radius 3 is 2.71 bits per heavy atom. The van der Waals surface area contributed by atoms with Crippen LogP contribution in [0.15, 0.2) is 0 Å². The highest BCUT2D eigenvalue weighted by atomic mass is 16.5. The van der Waals surface area contributed by atoms with E-state index in [9.17, 15) is 9.59 Å². The Hall–Kier alpha value is -1.14. The minimum atomic E-state index is -0.844. The van der Waals surface area contributed by atoms with E-state index in [-0.39, 0.29) is 18.4 Å². The van der Waals surface area contributed by atoms with Gasteiger partial charge in [-0.3, -0.25) is 9.59 Å². The Bertz CT molecular complexity index is 361. The monoisotopic (exact) mass is 299 g/mol. The summed E-state index contributed by atoms with van der Waals surface area (Å²) in [5.74, 6) is -1.01. The molecule has 1 aliphatic carbocycles. The van der Waals surface area contributed by atoms with Gasteiger partial charge in [0.25, 0.3) is 0 Å². The molecule has 0 spiro atoms. The Labute approximate surface area is 125 Å². The molecule has 0 aromatic carbocycles. The lowest BCUT2D eigenvalue weighted by molar-refractivity contribution is -0.157. The van der Waals surface area contributed by atoms with E-state index in [1.165, 1.54) is 0 Å². The second-order valence-corrected chi connectivity index (χ2v) is 6.03. The van der Waals surface area contributed by atoms with E-state index in [0.717, 1.165) is 32.3 Å². The van der Waals surface area contributed by atoms with Crippen molar-refractivity contribution in [3.05, 3.63) is 0 Å². The molecule has 21 heavy (non-hydrogen) atoms. The van der Waals surface area contributed by atoms with Crippen molar-refractivity contribution in [1.29, 1.82) is 0 Å². The number of carbonyl (C=O) groups is 2. The molecular weight excluding hydrogens is 274 g/mol. The van der Waals surface area contributed by atoms with Gasteiger partial charge in [0, 0.05) is 26.2 Å². The summed E-state index contributed by atoms with van der Waals surface area (Å²) < 4.78 is 10.9. The molecule has 0 aromatic rings. The molecule has 0 radical (unpaired) electrons. The van der Waals surface area contributed by atoms with Crippen LogP contribution in [0.1, 0.15) is 44.9 Å². The molecule has 6 nitrogen and oxygen atoms in total. The first kappa shape index (κ1) is 16.2. The molecular formula is C15H25NO5. The van der Waals surface area contributed by atoms with Crippen LogP contribution in [-0.2, 0) is 19.1 Å². The van der Waals surface area contributed by atoms with Crippen molar-refractivity contribution in [2.45, 2.75) is 51.0 Å². The molecule has 0 aromatic heterocycles. The highest BCUT2D eigenvalue weighted by molar-refractivity contribution is 5.85. The third kappa shape index (κ3) is 4.68. The van der Waals surface area contributed by atoms with Crippen LogP contribution in [0.5, 0.6) is 0 Å². The molecule has 1 amide bonds. The van der Waals surface area contributed by atoms with E-state index in [2.05, 4.69) is 5.32 Å². The van der Waals surface area contributed by atoms with E-state index in [4.69, 9.17) is 14.6 Å². The van der Waals surface area contributed by atoms with Crippen molar-refractivity contribution in [3.8, 4) is 0 Å². The molecule has 120 valence electrons. The molecule has 6 heteroatoms. The molecule has 1 saturated heterocycles. The minimum Gasteiger partial charge on any atom is -0.481 e. The fourth-order valence-corrected chi connectivity index (χ4v) is 2.83. The van der Waals surface area contributed by atoms with Crippen LogP contribution < -0.4 is 5.32 Å². The van der Waals surface area contributed by atoms with E-state index >= 15 is 0 Å².